The summed E-state index contributed by atoms with van der Waals surface area (Å²) >= 11 is 0. The summed E-state index contributed by atoms with van der Waals surface area (Å²) in [6.45, 7) is 2.68. The normalized spacial score (nSPS) is 15.8. The summed E-state index contributed by atoms with van der Waals surface area (Å²) in [7, 11) is -3.09. The predicted octanol–water partition coefficient (Wildman–Crippen LogP) is 0.701. The van der Waals surface area contributed by atoms with E-state index in [1.807, 2.05) is 10.9 Å². The molecule has 6 heteroatoms. The number of hydrogen-bond acceptors (Lipinski definition) is 3. The minimum atomic E-state index is -3.09. The predicted molar refractivity (Wildman–Crippen MR) is 66.3 cm³/mol. The molecule has 0 bridgehead atoms. The number of aromatic nitrogens is 2. The molecule has 0 aliphatic heterocycles. The van der Waals surface area contributed by atoms with E-state index in [1.165, 1.54) is 24.1 Å². The Morgan fingerprint density at radius 2 is 2.18 bits per heavy atom. The van der Waals surface area contributed by atoms with Crippen LogP contribution in [0.2, 0.25) is 0 Å². The molecule has 0 aromatic carbocycles. The molecule has 1 aromatic rings. The number of fused-ring (bicyclic) bond motifs is 1. The zero-order chi connectivity index (χ0) is 12.3. The summed E-state index contributed by atoms with van der Waals surface area (Å²) < 4.78 is 27.1. The number of nitrogens with one attached hydrogen (secondary N) is 1. The molecule has 0 unspecified atom stereocenters. The molecule has 1 aromatic heterocycles. The Kier molecular flexibility index (Phi) is 3.83. The Bertz CT molecular complexity index is 479. The Hall–Kier alpha value is -0.880. The van der Waals surface area contributed by atoms with Crippen molar-refractivity contribution in [1.82, 2.24) is 14.5 Å². The van der Waals surface area contributed by atoms with Crippen molar-refractivity contribution in [2.75, 3.05) is 12.3 Å². The molecule has 0 atom stereocenters. The van der Waals surface area contributed by atoms with Crippen LogP contribution in [-0.4, -0.2) is 30.5 Å². The lowest BCUT2D eigenvalue weighted by Gasteiger charge is -2.14. The Balaban J connectivity index is 1.94. The average Bonchev–Trinajstić information content (AvgIpc) is 2.73. The van der Waals surface area contributed by atoms with Crippen LogP contribution in [0.25, 0.3) is 0 Å². The molecule has 0 radical (unpaired) electrons. The summed E-state index contributed by atoms with van der Waals surface area (Å²) in [4.78, 5) is 0. The van der Waals surface area contributed by atoms with Crippen LogP contribution in [0.4, 0.5) is 0 Å². The van der Waals surface area contributed by atoms with Crippen LogP contribution in [-0.2, 0) is 29.4 Å². The molecule has 5 nitrogen and oxygen atoms in total. The minimum absolute atomic E-state index is 0.129. The number of hydrogen-bond donors (Lipinski definition) is 1. The minimum Gasteiger partial charge on any atom is -0.268 e. The lowest BCUT2D eigenvalue weighted by atomic mass is 9.98. The molecule has 1 N–H and O–H groups in total. The first-order valence-corrected chi connectivity index (χ1v) is 7.78. The smallest absolute Gasteiger partial charge is 0.211 e. The van der Waals surface area contributed by atoms with Crippen LogP contribution in [0.1, 0.15) is 31.0 Å². The SMILES string of the molecule is CCS(=O)(=O)NCCn1ncc2c1CCCC2. The van der Waals surface area contributed by atoms with Crippen molar-refractivity contribution >= 4 is 10.0 Å². The Morgan fingerprint density at radius 3 is 2.94 bits per heavy atom. The van der Waals surface area contributed by atoms with Crippen molar-refractivity contribution in [2.45, 2.75) is 39.2 Å². The van der Waals surface area contributed by atoms with Gasteiger partial charge in [-0.25, -0.2) is 13.1 Å². The average molecular weight is 257 g/mol. The highest BCUT2D eigenvalue weighted by Crippen LogP contribution is 2.20. The lowest BCUT2D eigenvalue weighted by molar-refractivity contribution is 0.539. The van der Waals surface area contributed by atoms with Gasteiger partial charge >= 0.3 is 0 Å². The van der Waals surface area contributed by atoms with E-state index >= 15 is 0 Å². The van der Waals surface area contributed by atoms with Crippen molar-refractivity contribution < 1.29 is 8.42 Å². The van der Waals surface area contributed by atoms with E-state index in [0.717, 1.165) is 12.8 Å². The zero-order valence-corrected chi connectivity index (χ0v) is 11.0. The lowest BCUT2D eigenvalue weighted by Crippen LogP contribution is -2.29. The third kappa shape index (κ3) is 3.07. The molecular weight excluding hydrogens is 238 g/mol. The van der Waals surface area contributed by atoms with Gasteiger partial charge in [0.05, 0.1) is 18.5 Å². The molecule has 0 saturated carbocycles. The molecule has 1 aliphatic rings. The monoisotopic (exact) mass is 257 g/mol. The Morgan fingerprint density at radius 1 is 1.41 bits per heavy atom. The van der Waals surface area contributed by atoms with Gasteiger partial charge in [0.2, 0.25) is 10.0 Å². The summed E-state index contributed by atoms with van der Waals surface area (Å²) in [5.41, 5.74) is 2.61. The van der Waals surface area contributed by atoms with Gasteiger partial charge in [-0.05, 0) is 38.2 Å². The fourth-order valence-corrected chi connectivity index (χ4v) is 2.76. The van der Waals surface area contributed by atoms with Gasteiger partial charge in [-0.1, -0.05) is 0 Å². The molecule has 96 valence electrons. The number of sulfonamides is 1. The summed E-state index contributed by atoms with van der Waals surface area (Å²) in [6.07, 6.45) is 6.54. The molecular formula is C11H19N3O2S. The van der Waals surface area contributed by atoms with E-state index in [1.54, 1.807) is 6.92 Å². The van der Waals surface area contributed by atoms with Gasteiger partial charge in [-0.3, -0.25) is 4.68 Å². The standard InChI is InChI=1S/C11H19N3O2S/c1-2-17(15,16)13-7-8-14-11-6-4-3-5-10(11)9-12-14/h9,13H,2-8H2,1H3. The second-order valence-electron chi connectivity index (χ2n) is 4.34. The first kappa shape index (κ1) is 12.6. The van der Waals surface area contributed by atoms with Crippen LogP contribution < -0.4 is 4.72 Å². The van der Waals surface area contributed by atoms with Gasteiger partial charge in [-0.15, -0.1) is 0 Å². The van der Waals surface area contributed by atoms with E-state index in [0.29, 0.717) is 13.1 Å². The van der Waals surface area contributed by atoms with Crippen molar-refractivity contribution in [2.24, 2.45) is 0 Å². The van der Waals surface area contributed by atoms with Crippen LogP contribution >= 0.6 is 0 Å². The highest BCUT2D eigenvalue weighted by molar-refractivity contribution is 7.89. The van der Waals surface area contributed by atoms with Gasteiger partial charge in [0.15, 0.2) is 0 Å². The maximum Gasteiger partial charge on any atom is 0.211 e. The molecule has 0 saturated heterocycles. The molecule has 17 heavy (non-hydrogen) atoms. The highest BCUT2D eigenvalue weighted by atomic mass is 32.2. The van der Waals surface area contributed by atoms with Crippen LogP contribution in [0.15, 0.2) is 6.20 Å². The largest absolute Gasteiger partial charge is 0.268 e. The second kappa shape index (κ2) is 5.18. The van der Waals surface area contributed by atoms with Crippen LogP contribution in [0, 0.1) is 0 Å². The van der Waals surface area contributed by atoms with Crippen molar-refractivity contribution in [3.63, 3.8) is 0 Å². The molecule has 0 amide bonds. The number of nitrogens with zero attached hydrogens (tertiary/aromatic N) is 2. The third-order valence-electron chi connectivity index (χ3n) is 3.17. The summed E-state index contributed by atoms with van der Waals surface area (Å²) in [5, 5.41) is 4.33. The highest BCUT2D eigenvalue weighted by Gasteiger charge is 2.15. The topological polar surface area (TPSA) is 64.0 Å². The molecule has 0 fully saturated rings. The van der Waals surface area contributed by atoms with E-state index in [-0.39, 0.29) is 5.75 Å². The fourth-order valence-electron chi connectivity index (χ4n) is 2.16. The van der Waals surface area contributed by atoms with Gasteiger partial charge in [-0.2, -0.15) is 5.10 Å². The maximum atomic E-state index is 11.3. The van der Waals surface area contributed by atoms with E-state index in [2.05, 4.69) is 9.82 Å². The van der Waals surface area contributed by atoms with Crippen molar-refractivity contribution in [3.8, 4) is 0 Å². The second-order valence-corrected chi connectivity index (χ2v) is 6.44. The first-order chi connectivity index (χ1) is 8.12. The van der Waals surface area contributed by atoms with E-state index in [9.17, 15) is 8.42 Å². The van der Waals surface area contributed by atoms with Crippen LogP contribution in [0.3, 0.4) is 0 Å². The van der Waals surface area contributed by atoms with Gasteiger partial charge in [0, 0.05) is 12.2 Å². The quantitative estimate of drug-likeness (QED) is 0.844. The summed E-state index contributed by atoms with van der Waals surface area (Å²) in [5.74, 6) is 0.129. The molecule has 1 heterocycles. The third-order valence-corrected chi connectivity index (χ3v) is 4.57. The Labute approximate surface area is 102 Å². The van der Waals surface area contributed by atoms with Gasteiger partial charge in [0.1, 0.15) is 0 Å². The van der Waals surface area contributed by atoms with E-state index < -0.39 is 10.0 Å². The fraction of sp³-hybridized carbons (Fsp3) is 0.727. The first-order valence-electron chi connectivity index (χ1n) is 6.13. The number of rotatable bonds is 5. The van der Waals surface area contributed by atoms with Crippen molar-refractivity contribution in [3.05, 3.63) is 17.5 Å². The molecule has 2 rings (SSSR count). The van der Waals surface area contributed by atoms with Crippen molar-refractivity contribution in [1.29, 1.82) is 0 Å². The molecule has 0 spiro atoms. The van der Waals surface area contributed by atoms with Gasteiger partial charge < -0.3 is 0 Å². The van der Waals surface area contributed by atoms with E-state index in [4.69, 9.17) is 0 Å². The summed E-state index contributed by atoms with van der Waals surface area (Å²) in [6, 6.07) is 0. The zero-order valence-electron chi connectivity index (χ0n) is 10.1. The maximum absolute atomic E-state index is 11.3. The van der Waals surface area contributed by atoms with Gasteiger partial charge in [0.25, 0.3) is 0 Å². The number of aryl methyl sites for hydroxylation is 1. The van der Waals surface area contributed by atoms with Crippen LogP contribution in [0.5, 0.6) is 0 Å². The molecule has 1 aliphatic carbocycles.